The summed E-state index contributed by atoms with van der Waals surface area (Å²) in [6.45, 7) is 0. The van der Waals surface area contributed by atoms with Crippen LogP contribution in [0.15, 0.2) is 36.7 Å². The Morgan fingerprint density at radius 1 is 1.41 bits per heavy atom. The molecule has 3 aromatic rings. The van der Waals surface area contributed by atoms with Gasteiger partial charge < -0.3 is 11.1 Å². The standard InChI is InChI=1S/C17H19ClN4O3S2/c18-16-10(11-8-20-22-5-2-1-3-14(11)22)7-15(26-16)17(23)21-13-4-6-27(24,25)9-12(13)19/h1-3,5,7-8,12-13,24-25H,4,6,9,19H2,(H,21,23)/t12-,13-/m0/s1. The molecular formula is C17H19ClN4O3S2. The average molecular weight is 427 g/mol. The van der Waals surface area contributed by atoms with Gasteiger partial charge in [-0.2, -0.15) is 15.7 Å². The van der Waals surface area contributed by atoms with Crippen LogP contribution in [0.3, 0.4) is 0 Å². The van der Waals surface area contributed by atoms with E-state index in [2.05, 4.69) is 10.4 Å². The van der Waals surface area contributed by atoms with Crippen molar-refractivity contribution in [2.75, 3.05) is 11.5 Å². The third-order valence-corrected chi connectivity index (χ3v) is 7.84. The first-order valence-corrected chi connectivity index (χ1v) is 11.4. The van der Waals surface area contributed by atoms with E-state index >= 15 is 0 Å². The second-order valence-corrected chi connectivity index (χ2v) is 10.6. The first-order chi connectivity index (χ1) is 12.8. The number of hydrogen-bond acceptors (Lipinski definition) is 6. The average Bonchev–Trinajstić information content (AvgIpc) is 3.20. The van der Waals surface area contributed by atoms with Crippen LogP contribution in [0, 0.1) is 0 Å². The highest BCUT2D eigenvalue weighted by atomic mass is 35.5. The summed E-state index contributed by atoms with van der Waals surface area (Å²) < 4.78 is 21.8. The number of thiophene rings is 1. The van der Waals surface area contributed by atoms with Crippen LogP contribution in [-0.2, 0) is 0 Å². The molecule has 3 aromatic heterocycles. The van der Waals surface area contributed by atoms with Crippen molar-refractivity contribution < 1.29 is 13.9 Å². The molecule has 1 aliphatic heterocycles. The molecule has 0 spiro atoms. The summed E-state index contributed by atoms with van der Waals surface area (Å²) in [5.74, 6) is 0.102. The van der Waals surface area contributed by atoms with E-state index < -0.39 is 16.6 Å². The lowest BCUT2D eigenvalue weighted by Gasteiger charge is -2.42. The number of aromatic nitrogens is 2. The number of pyridine rings is 1. The van der Waals surface area contributed by atoms with Crippen LogP contribution < -0.4 is 11.1 Å². The molecular weight excluding hydrogens is 408 g/mol. The smallest absolute Gasteiger partial charge is 0.261 e. The molecule has 0 radical (unpaired) electrons. The number of nitrogens with one attached hydrogen (secondary N) is 1. The largest absolute Gasteiger partial charge is 0.347 e. The molecule has 1 amide bonds. The molecule has 0 aliphatic carbocycles. The van der Waals surface area contributed by atoms with Gasteiger partial charge in [0, 0.05) is 35.2 Å². The summed E-state index contributed by atoms with van der Waals surface area (Å²) in [4.78, 5) is 13.1. The van der Waals surface area contributed by atoms with Gasteiger partial charge in [-0.05, 0) is 24.6 Å². The van der Waals surface area contributed by atoms with Crippen molar-refractivity contribution in [1.29, 1.82) is 0 Å². The summed E-state index contributed by atoms with van der Waals surface area (Å²) in [6.07, 6.45) is 4.02. The Bertz CT molecular complexity index is 1000. The molecule has 4 heterocycles. The Hall–Kier alpha value is -1.62. The number of carbonyl (C=O) groups is 1. The van der Waals surface area contributed by atoms with Crippen LogP contribution >= 0.6 is 33.5 Å². The van der Waals surface area contributed by atoms with Crippen molar-refractivity contribution in [3.63, 3.8) is 0 Å². The summed E-state index contributed by atoms with van der Waals surface area (Å²) in [5, 5.41) is 7.21. The fourth-order valence-electron chi connectivity index (χ4n) is 3.26. The van der Waals surface area contributed by atoms with Gasteiger partial charge in [-0.25, -0.2) is 4.52 Å². The molecule has 2 atom stereocenters. The minimum absolute atomic E-state index is 0.108. The Balaban J connectivity index is 1.55. The van der Waals surface area contributed by atoms with Gasteiger partial charge >= 0.3 is 0 Å². The lowest BCUT2D eigenvalue weighted by Crippen LogP contribution is -2.53. The Morgan fingerprint density at radius 3 is 3.00 bits per heavy atom. The summed E-state index contributed by atoms with van der Waals surface area (Å²) in [6, 6.07) is 6.73. The van der Waals surface area contributed by atoms with Crippen LogP contribution in [0.2, 0.25) is 4.34 Å². The third kappa shape index (κ3) is 3.71. The monoisotopic (exact) mass is 426 g/mol. The first kappa shape index (κ1) is 18.7. The molecule has 1 aliphatic rings. The molecule has 144 valence electrons. The van der Waals surface area contributed by atoms with Gasteiger partial charge in [-0.1, -0.05) is 17.7 Å². The van der Waals surface area contributed by atoms with Gasteiger partial charge in [-0.3, -0.25) is 13.9 Å². The molecule has 1 fully saturated rings. The van der Waals surface area contributed by atoms with Gasteiger partial charge in [0.2, 0.25) is 0 Å². The number of carbonyl (C=O) groups excluding carboxylic acids is 1. The number of nitrogens with zero attached hydrogens (tertiary/aromatic N) is 2. The maximum atomic E-state index is 12.7. The summed E-state index contributed by atoms with van der Waals surface area (Å²) in [5.41, 5.74) is 8.53. The highest BCUT2D eigenvalue weighted by Gasteiger charge is 2.32. The molecule has 0 bridgehead atoms. The van der Waals surface area contributed by atoms with Crippen LogP contribution in [0.4, 0.5) is 0 Å². The molecule has 5 N–H and O–H groups in total. The Morgan fingerprint density at radius 2 is 2.22 bits per heavy atom. The number of rotatable bonds is 3. The Kier molecular flexibility index (Phi) is 4.91. The van der Waals surface area contributed by atoms with E-state index in [0.717, 1.165) is 16.6 Å². The number of amides is 1. The van der Waals surface area contributed by atoms with Crippen LogP contribution in [0.1, 0.15) is 16.1 Å². The maximum Gasteiger partial charge on any atom is 0.261 e. The zero-order valence-corrected chi connectivity index (χ0v) is 16.6. The van der Waals surface area contributed by atoms with E-state index in [-0.39, 0.29) is 23.5 Å². The lowest BCUT2D eigenvalue weighted by atomic mass is 10.1. The van der Waals surface area contributed by atoms with Crippen molar-refractivity contribution >= 4 is 45.0 Å². The van der Waals surface area contributed by atoms with Crippen molar-refractivity contribution in [2.24, 2.45) is 5.73 Å². The van der Waals surface area contributed by atoms with Gasteiger partial charge in [0.1, 0.15) is 4.34 Å². The zero-order valence-electron chi connectivity index (χ0n) is 14.2. The predicted molar refractivity (Wildman–Crippen MR) is 110 cm³/mol. The van der Waals surface area contributed by atoms with Gasteiger partial charge in [0.25, 0.3) is 5.91 Å². The normalized spacial score (nSPS) is 23.3. The first-order valence-electron chi connectivity index (χ1n) is 8.36. The second-order valence-electron chi connectivity index (χ2n) is 6.59. The van der Waals surface area contributed by atoms with E-state index in [9.17, 15) is 13.9 Å². The van der Waals surface area contributed by atoms with E-state index in [1.54, 1.807) is 16.8 Å². The second kappa shape index (κ2) is 7.08. The molecule has 0 saturated carbocycles. The van der Waals surface area contributed by atoms with Crippen molar-refractivity contribution in [3.05, 3.63) is 45.9 Å². The quantitative estimate of drug-likeness (QED) is 0.513. The highest BCUT2D eigenvalue weighted by Crippen LogP contribution is 2.43. The number of fused-ring (bicyclic) bond motifs is 1. The molecule has 4 rings (SSSR count). The van der Waals surface area contributed by atoms with Gasteiger partial charge in [0.05, 0.1) is 22.3 Å². The SMILES string of the molecule is N[C@H]1CS(O)(O)CC[C@@H]1NC(=O)c1cc(-c2cnn3ccccc23)c(Cl)s1. The molecule has 0 aromatic carbocycles. The maximum absolute atomic E-state index is 12.7. The fraction of sp³-hybridized carbons (Fsp3) is 0.294. The van der Waals surface area contributed by atoms with Gasteiger partial charge in [-0.15, -0.1) is 11.3 Å². The van der Waals surface area contributed by atoms with E-state index in [0.29, 0.717) is 15.6 Å². The summed E-state index contributed by atoms with van der Waals surface area (Å²) >= 11 is 7.60. The highest BCUT2D eigenvalue weighted by molar-refractivity contribution is 8.24. The van der Waals surface area contributed by atoms with Crippen molar-refractivity contribution in [1.82, 2.24) is 14.9 Å². The van der Waals surface area contributed by atoms with Crippen LogP contribution in [-0.4, -0.2) is 48.2 Å². The summed E-state index contributed by atoms with van der Waals surface area (Å²) in [7, 11) is -2.62. The van der Waals surface area contributed by atoms with Crippen LogP contribution in [0.25, 0.3) is 16.6 Å². The fourth-order valence-corrected chi connectivity index (χ4v) is 6.12. The molecule has 1 saturated heterocycles. The van der Waals surface area contributed by atoms with Crippen molar-refractivity contribution in [3.8, 4) is 11.1 Å². The van der Waals surface area contributed by atoms with E-state index in [1.165, 1.54) is 11.3 Å². The topological polar surface area (TPSA) is 113 Å². The molecule has 27 heavy (non-hydrogen) atoms. The van der Waals surface area contributed by atoms with Crippen molar-refractivity contribution in [2.45, 2.75) is 18.5 Å². The zero-order chi connectivity index (χ0) is 19.2. The molecule has 10 heteroatoms. The lowest BCUT2D eigenvalue weighted by molar-refractivity contribution is 0.0933. The molecule has 7 nitrogen and oxygen atoms in total. The minimum Gasteiger partial charge on any atom is -0.347 e. The molecule has 0 unspecified atom stereocenters. The number of hydrogen-bond donors (Lipinski definition) is 4. The van der Waals surface area contributed by atoms with E-state index in [1.807, 2.05) is 24.4 Å². The predicted octanol–water partition coefficient (Wildman–Crippen LogP) is 3.30. The minimum atomic E-state index is -2.62. The van der Waals surface area contributed by atoms with E-state index in [4.69, 9.17) is 17.3 Å². The van der Waals surface area contributed by atoms with Gasteiger partial charge in [0.15, 0.2) is 0 Å². The Labute approximate surface area is 166 Å². The number of halogens is 1. The third-order valence-electron chi connectivity index (χ3n) is 4.68. The van der Waals surface area contributed by atoms with Crippen LogP contribution in [0.5, 0.6) is 0 Å². The number of nitrogens with two attached hydrogens (primary N) is 1.